The summed E-state index contributed by atoms with van der Waals surface area (Å²) in [6.45, 7) is 9.63. The molecule has 2 aromatic heterocycles. The van der Waals surface area contributed by atoms with Crippen LogP contribution in [0.5, 0.6) is 0 Å². The highest BCUT2D eigenvalue weighted by Gasteiger charge is 2.10. The van der Waals surface area contributed by atoms with Gasteiger partial charge in [-0.25, -0.2) is 14.1 Å². The van der Waals surface area contributed by atoms with Crippen LogP contribution in [-0.2, 0) is 22.6 Å². The van der Waals surface area contributed by atoms with Gasteiger partial charge in [-0.1, -0.05) is 12.1 Å². The first-order chi connectivity index (χ1) is 19.2. The van der Waals surface area contributed by atoms with E-state index in [0.29, 0.717) is 25.4 Å². The van der Waals surface area contributed by atoms with Crippen molar-refractivity contribution in [3.63, 3.8) is 0 Å². The summed E-state index contributed by atoms with van der Waals surface area (Å²) in [5.74, 6) is 0. The fourth-order valence-electron chi connectivity index (χ4n) is 4.44. The van der Waals surface area contributed by atoms with Crippen molar-refractivity contribution < 1.29 is 33.8 Å². The second-order valence-electron chi connectivity index (χ2n) is 9.88. The largest absolute Gasteiger partial charge is 0.594 e. The number of aromatic nitrogens is 2. The average Bonchev–Trinajstić information content (AvgIpc) is 2.88. The smallest absolute Gasteiger partial charge is 0.551 e. The Kier molecular flexibility index (Phi) is 9.46. The summed E-state index contributed by atoms with van der Waals surface area (Å²) in [4.78, 5) is 6.91. The van der Waals surface area contributed by atoms with Crippen LogP contribution in [0.2, 0.25) is 0 Å². The normalized spacial score (nSPS) is 11.9. The SMILES string of the molecule is Cc1cc(C)cc(N=C([O-])OCC[n+]2ccc(-c3cc[n+](CCOC(O)=[NH+]c4cc(C)cc(C)c4)cc3)cc2)c1. The van der Waals surface area contributed by atoms with Crippen LogP contribution < -0.4 is 19.2 Å². The third kappa shape index (κ3) is 8.66. The summed E-state index contributed by atoms with van der Waals surface area (Å²) in [5, 5.41) is 22.1. The first-order valence-corrected chi connectivity index (χ1v) is 13.2. The van der Waals surface area contributed by atoms with E-state index < -0.39 is 6.08 Å². The molecule has 0 fully saturated rings. The second-order valence-corrected chi connectivity index (χ2v) is 9.88. The van der Waals surface area contributed by atoms with Gasteiger partial charge in [0.05, 0.1) is 12.3 Å². The molecule has 8 heteroatoms. The minimum Gasteiger partial charge on any atom is -0.594 e. The van der Waals surface area contributed by atoms with Crippen LogP contribution in [0.15, 0.2) is 90.4 Å². The Bertz CT molecular complexity index is 1340. The van der Waals surface area contributed by atoms with Crippen LogP contribution in [0.1, 0.15) is 22.3 Å². The van der Waals surface area contributed by atoms with E-state index in [-0.39, 0.29) is 12.7 Å². The van der Waals surface area contributed by atoms with Gasteiger partial charge in [0.1, 0.15) is 0 Å². The van der Waals surface area contributed by atoms with Gasteiger partial charge in [0.25, 0.3) is 0 Å². The monoisotopic (exact) mass is 540 g/mol. The number of hydrogen-bond donors (Lipinski definition) is 2. The average molecular weight is 541 g/mol. The molecule has 0 amide bonds. The Morgan fingerprint density at radius 1 is 0.725 bits per heavy atom. The molecule has 0 aliphatic heterocycles. The lowest BCUT2D eigenvalue weighted by atomic mass is 10.1. The van der Waals surface area contributed by atoms with E-state index in [1.54, 1.807) is 0 Å². The molecule has 2 heterocycles. The van der Waals surface area contributed by atoms with Crippen molar-refractivity contribution in [2.45, 2.75) is 40.8 Å². The molecule has 0 aliphatic carbocycles. The zero-order valence-corrected chi connectivity index (χ0v) is 23.4. The predicted octanol–water partition coefficient (Wildman–Crippen LogP) is 2.57. The van der Waals surface area contributed by atoms with Crippen molar-refractivity contribution in [3.8, 4) is 11.1 Å². The Hall–Kier alpha value is -4.72. The number of pyridine rings is 2. The van der Waals surface area contributed by atoms with Gasteiger partial charge in [-0.15, -0.1) is 4.99 Å². The Morgan fingerprint density at radius 2 is 1.18 bits per heavy atom. The van der Waals surface area contributed by atoms with Crippen molar-refractivity contribution in [1.82, 2.24) is 0 Å². The van der Waals surface area contributed by atoms with Crippen LogP contribution >= 0.6 is 0 Å². The maximum atomic E-state index is 12.1. The second kappa shape index (κ2) is 13.4. The van der Waals surface area contributed by atoms with Gasteiger partial charge in [0.15, 0.2) is 50.6 Å². The maximum Gasteiger partial charge on any atom is 0.551 e. The molecule has 0 aliphatic rings. The van der Waals surface area contributed by atoms with Gasteiger partial charge >= 0.3 is 6.08 Å². The summed E-state index contributed by atoms with van der Waals surface area (Å²) < 4.78 is 14.7. The molecule has 4 aromatic rings. The number of benzene rings is 2. The minimum absolute atomic E-state index is 0.217. The molecular weight excluding hydrogens is 504 g/mol. The molecule has 4 rings (SSSR count). The summed E-state index contributed by atoms with van der Waals surface area (Å²) in [6, 6.07) is 19.8. The van der Waals surface area contributed by atoms with Gasteiger partial charge < -0.3 is 19.7 Å². The fraction of sp³-hybridized carbons (Fsp3) is 0.250. The molecule has 0 unspecified atom stereocenters. The van der Waals surface area contributed by atoms with Crippen molar-refractivity contribution in [3.05, 3.63) is 108 Å². The molecule has 0 atom stereocenters. The number of aliphatic hydroxyl groups excluding tert-OH is 1. The Morgan fingerprint density at radius 3 is 1.68 bits per heavy atom. The third-order valence-electron chi connectivity index (χ3n) is 6.18. The zero-order valence-electron chi connectivity index (χ0n) is 23.4. The van der Waals surface area contributed by atoms with Crippen molar-refractivity contribution in [1.29, 1.82) is 0 Å². The Balaban J connectivity index is 1.23. The quantitative estimate of drug-likeness (QED) is 0.194. The van der Waals surface area contributed by atoms with Gasteiger partial charge in [-0.3, -0.25) is 0 Å². The molecule has 0 saturated heterocycles. The number of ether oxygens (including phenoxy) is 2. The van der Waals surface area contributed by atoms with Gasteiger partial charge in [0.2, 0.25) is 5.69 Å². The first kappa shape index (κ1) is 28.3. The van der Waals surface area contributed by atoms with Crippen LogP contribution in [0, 0.1) is 27.7 Å². The lowest BCUT2D eigenvalue weighted by Crippen LogP contribution is -2.67. The van der Waals surface area contributed by atoms with Crippen LogP contribution in [0.3, 0.4) is 0 Å². The van der Waals surface area contributed by atoms with E-state index in [9.17, 15) is 10.2 Å². The molecule has 2 N–H and O–H groups in total. The summed E-state index contributed by atoms with van der Waals surface area (Å²) >= 11 is 0. The van der Waals surface area contributed by atoms with Crippen LogP contribution in [0.25, 0.3) is 11.1 Å². The van der Waals surface area contributed by atoms with Crippen molar-refractivity contribution in [2.75, 3.05) is 13.2 Å². The summed E-state index contributed by atoms with van der Waals surface area (Å²) in [6.07, 6.45) is 7.07. The van der Waals surface area contributed by atoms with E-state index >= 15 is 0 Å². The van der Waals surface area contributed by atoms with Gasteiger partial charge in [-0.2, -0.15) is 0 Å². The number of nitrogens with one attached hydrogen (secondary N) is 1. The number of aliphatic imine (C=N–C) groups is 1. The molecule has 206 valence electrons. The minimum atomic E-state index is -0.587. The number of aliphatic hydroxyl groups is 1. The summed E-state index contributed by atoms with van der Waals surface area (Å²) in [7, 11) is 0. The third-order valence-corrected chi connectivity index (χ3v) is 6.18. The van der Waals surface area contributed by atoms with Crippen LogP contribution in [0.4, 0.5) is 11.4 Å². The molecule has 0 spiro atoms. The molecule has 2 aromatic carbocycles. The molecular formula is C32H36N4O4+2. The van der Waals surface area contributed by atoms with Gasteiger partial charge in [-0.05, 0) is 73.2 Å². The van der Waals surface area contributed by atoms with Crippen molar-refractivity contribution >= 4 is 23.5 Å². The maximum absolute atomic E-state index is 12.1. The molecule has 0 bridgehead atoms. The fourth-order valence-corrected chi connectivity index (χ4v) is 4.44. The van der Waals surface area contributed by atoms with E-state index in [2.05, 4.69) is 16.1 Å². The number of rotatable bonds is 9. The topological polar surface area (TPSA) is 95.8 Å². The Labute approximate surface area is 235 Å². The molecule has 0 saturated carbocycles. The van der Waals surface area contributed by atoms with E-state index in [1.165, 1.54) is 0 Å². The highest BCUT2D eigenvalue weighted by Crippen LogP contribution is 2.17. The van der Waals surface area contributed by atoms with Crippen molar-refractivity contribution in [2.24, 2.45) is 4.99 Å². The number of aryl methyl sites for hydroxylation is 4. The van der Waals surface area contributed by atoms with E-state index in [0.717, 1.165) is 39.1 Å². The van der Waals surface area contributed by atoms with Gasteiger partial charge in [0, 0.05) is 36.4 Å². The number of hydrogen-bond acceptors (Lipinski definition) is 4. The molecule has 0 radical (unpaired) electrons. The molecule has 40 heavy (non-hydrogen) atoms. The van der Waals surface area contributed by atoms with E-state index in [4.69, 9.17) is 9.47 Å². The lowest BCUT2D eigenvalue weighted by molar-refractivity contribution is -0.698. The lowest BCUT2D eigenvalue weighted by Gasteiger charge is -2.12. The first-order valence-electron chi connectivity index (χ1n) is 13.2. The summed E-state index contributed by atoms with van der Waals surface area (Å²) in [5.41, 5.74) is 7.89. The van der Waals surface area contributed by atoms with Crippen LogP contribution in [-0.4, -0.2) is 30.5 Å². The van der Waals surface area contributed by atoms with E-state index in [1.807, 2.05) is 116 Å². The zero-order chi connectivity index (χ0) is 28.5. The standard InChI is InChI=1S/C32H34N4O4/c1-23-17-24(2)20-29(19-23)33-31(37)39-15-13-35-9-5-27(6-10-35)28-7-11-36(12-8-28)14-16-40-32(38)34-30-21-25(3)18-26(4)22-30/h5-12,17-22H,13-16H2,1-4H3/p+2. The number of nitrogens with zero attached hydrogens (tertiary/aromatic N) is 3. The highest BCUT2D eigenvalue weighted by atomic mass is 16.6. The molecule has 8 nitrogen and oxygen atoms in total. The predicted molar refractivity (Wildman–Crippen MR) is 151 cm³/mol. The highest BCUT2D eigenvalue weighted by molar-refractivity contribution is 5.67.